The zero-order valence-corrected chi connectivity index (χ0v) is 13.4. The highest BCUT2D eigenvalue weighted by atomic mass is 16.5. The van der Waals surface area contributed by atoms with Gasteiger partial charge in [0.25, 0.3) is 5.91 Å². The van der Waals surface area contributed by atoms with Gasteiger partial charge in [-0.3, -0.25) is 4.79 Å². The summed E-state index contributed by atoms with van der Waals surface area (Å²) in [6, 6.07) is 16.9. The lowest BCUT2D eigenvalue weighted by Gasteiger charge is -2.35. The first-order chi connectivity index (χ1) is 11.1. The Morgan fingerprint density at radius 2 is 1.65 bits per heavy atom. The topological polar surface area (TPSA) is 38.8 Å². The highest BCUT2D eigenvalue weighted by molar-refractivity contribution is 5.94. The molecular weight excluding hydrogens is 290 g/mol. The number of nitrogens with zero attached hydrogens (tertiary/aromatic N) is 1. The van der Waals surface area contributed by atoms with Crippen molar-refractivity contribution in [3.8, 4) is 11.5 Å². The number of benzene rings is 2. The monoisotopic (exact) mass is 311 g/mol. The van der Waals surface area contributed by atoms with Crippen LogP contribution >= 0.6 is 0 Å². The van der Waals surface area contributed by atoms with Crippen LogP contribution in [0.25, 0.3) is 0 Å². The van der Waals surface area contributed by atoms with Crippen molar-refractivity contribution in [2.75, 3.05) is 13.1 Å². The van der Waals surface area contributed by atoms with Gasteiger partial charge >= 0.3 is 0 Å². The molecule has 1 aliphatic rings. The first kappa shape index (κ1) is 15.6. The molecule has 2 aromatic carbocycles. The Labute approximate surface area is 136 Å². The number of carbonyl (C=O) groups is 1. The lowest BCUT2D eigenvalue weighted by Crippen LogP contribution is -2.48. The van der Waals surface area contributed by atoms with Gasteiger partial charge in [-0.25, -0.2) is 0 Å². The summed E-state index contributed by atoms with van der Waals surface area (Å²) >= 11 is 0. The summed E-state index contributed by atoms with van der Waals surface area (Å²) in [4.78, 5) is 14.6. The number of carbonyl (C=O) groups excluding carboxylic acids is 1. The van der Waals surface area contributed by atoms with Crippen molar-refractivity contribution in [2.45, 2.75) is 26.1 Å². The second kappa shape index (κ2) is 6.84. The van der Waals surface area contributed by atoms with Crippen LogP contribution in [-0.4, -0.2) is 36.1 Å². The average Bonchev–Trinajstić information content (AvgIpc) is 2.54. The molecule has 120 valence electrons. The maximum absolute atomic E-state index is 12.7. The molecule has 4 heteroatoms. The second-order valence-corrected chi connectivity index (χ2v) is 5.91. The largest absolute Gasteiger partial charge is 0.457 e. The minimum Gasteiger partial charge on any atom is -0.457 e. The maximum Gasteiger partial charge on any atom is 0.254 e. The van der Waals surface area contributed by atoms with E-state index >= 15 is 0 Å². The van der Waals surface area contributed by atoms with Crippen molar-refractivity contribution < 1.29 is 14.3 Å². The maximum atomic E-state index is 12.7. The molecule has 4 nitrogen and oxygen atoms in total. The summed E-state index contributed by atoms with van der Waals surface area (Å²) in [6.07, 6.45) is 0.123. The molecule has 1 heterocycles. The summed E-state index contributed by atoms with van der Waals surface area (Å²) in [5, 5.41) is 0. The molecule has 2 atom stereocenters. The van der Waals surface area contributed by atoms with Gasteiger partial charge in [0.05, 0.1) is 12.2 Å². The van der Waals surface area contributed by atoms with Crippen molar-refractivity contribution in [3.63, 3.8) is 0 Å². The standard InChI is InChI=1S/C19H21NO3/c1-14-12-20(13-15(2)22-14)19(21)16-7-6-10-18(11-16)23-17-8-4-3-5-9-17/h3-11,14-15H,12-13H2,1-2H3/t14-,15-/m1/s1. The van der Waals surface area contributed by atoms with E-state index in [1.165, 1.54) is 0 Å². The van der Waals surface area contributed by atoms with Gasteiger partial charge in [0, 0.05) is 18.7 Å². The van der Waals surface area contributed by atoms with Gasteiger partial charge in [0.15, 0.2) is 0 Å². The molecule has 0 aliphatic carbocycles. The summed E-state index contributed by atoms with van der Waals surface area (Å²) in [5.74, 6) is 1.44. The zero-order chi connectivity index (χ0) is 16.2. The molecule has 1 amide bonds. The molecule has 0 aromatic heterocycles. The van der Waals surface area contributed by atoms with Gasteiger partial charge in [-0.15, -0.1) is 0 Å². The van der Waals surface area contributed by atoms with Crippen LogP contribution < -0.4 is 4.74 Å². The van der Waals surface area contributed by atoms with E-state index in [1.807, 2.05) is 67.3 Å². The number of ether oxygens (including phenoxy) is 2. The lowest BCUT2D eigenvalue weighted by atomic mass is 10.1. The number of hydrogen-bond acceptors (Lipinski definition) is 3. The van der Waals surface area contributed by atoms with Gasteiger partial charge in [0.2, 0.25) is 0 Å². The predicted octanol–water partition coefficient (Wildman–Crippen LogP) is 3.73. The van der Waals surface area contributed by atoms with Crippen molar-refractivity contribution in [2.24, 2.45) is 0 Å². The van der Waals surface area contributed by atoms with Crippen LogP contribution in [0.3, 0.4) is 0 Å². The van der Waals surface area contributed by atoms with E-state index in [0.29, 0.717) is 24.4 Å². The Bertz CT molecular complexity index is 661. The van der Waals surface area contributed by atoms with Gasteiger partial charge < -0.3 is 14.4 Å². The Morgan fingerprint density at radius 1 is 1.00 bits per heavy atom. The van der Waals surface area contributed by atoms with Crippen LogP contribution in [0, 0.1) is 0 Å². The average molecular weight is 311 g/mol. The van der Waals surface area contributed by atoms with E-state index < -0.39 is 0 Å². The number of rotatable bonds is 3. The minimum absolute atomic E-state index is 0.0190. The molecule has 2 aromatic rings. The molecule has 0 radical (unpaired) electrons. The van der Waals surface area contributed by atoms with E-state index in [9.17, 15) is 4.79 Å². The molecular formula is C19H21NO3. The van der Waals surface area contributed by atoms with Gasteiger partial charge in [-0.2, -0.15) is 0 Å². The molecule has 0 spiro atoms. The van der Waals surface area contributed by atoms with Crippen molar-refractivity contribution in [1.29, 1.82) is 0 Å². The van der Waals surface area contributed by atoms with Gasteiger partial charge in [0.1, 0.15) is 11.5 Å². The number of amides is 1. The summed E-state index contributed by atoms with van der Waals surface area (Å²) in [6.45, 7) is 5.22. The highest BCUT2D eigenvalue weighted by Crippen LogP contribution is 2.23. The molecule has 3 rings (SSSR count). The fourth-order valence-electron chi connectivity index (χ4n) is 2.84. The third-order valence-corrected chi connectivity index (χ3v) is 3.77. The normalized spacial score (nSPS) is 21.0. The Hall–Kier alpha value is -2.33. The van der Waals surface area contributed by atoms with E-state index in [4.69, 9.17) is 9.47 Å². The summed E-state index contributed by atoms with van der Waals surface area (Å²) in [7, 11) is 0. The third kappa shape index (κ3) is 3.90. The van der Waals surface area contributed by atoms with Crippen molar-refractivity contribution >= 4 is 5.91 Å². The Balaban J connectivity index is 1.75. The Morgan fingerprint density at radius 3 is 2.35 bits per heavy atom. The fraction of sp³-hybridized carbons (Fsp3) is 0.316. The second-order valence-electron chi connectivity index (χ2n) is 5.91. The molecule has 0 N–H and O–H groups in total. The highest BCUT2D eigenvalue weighted by Gasteiger charge is 2.26. The molecule has 1 saturated heterocycles. The Kier molecular flexibility index (Phi) is 4.63. The number of hydrogen-bond donors (Lipinski definition) is 0. The van der Waals surface area contributed by atoms with Crippen LogP contribution in [0.1, 0.15) is 24.2 Å². The molecule has 0 saturated carbocycles. The van der Waals surface area contributed by atoms with Crippen LogP contribution in [0.2, 0.25) is 0 Å². The van der Waals surface area contributed by atoms with E-state index in [1.54, 1.807) is 6.07 Å². The van der Waals surface area contributed by atoms with Crippen LogP contribution in [0.15, 0.2) is 54.6 Å². The molecule has 0 unspecified atom stereocenters. The number of para-hydroxylation sites is 1. The van der Waals surface area contributed by atoms with Gasteiger partial charge in [-0.1, -0.05) is 24.3 Å². The number of morpholine rings is 1. The predicted molar refractivity (Wildman–Crippen MR) is 88.9 cm³/mol. The smallest absolute Gasteiger partial charge is 0.254 e. The van der Waals surface area contributed by atoms with Gasteiger partial charge in [-0.05, 0) is 44.2 Å². The molecule has 0 bridgehead atoms. The van der Waals surface area contributed by atoms with E-state index in [-0.39, 0.29) is 18.1 Å². The first-order valence-corrected chi connectivity index (χ1v) is 7.89. The van der Waals surface area contributed by atoms with Crippen molar-refractivity contribution in [3.05, 3.63) is 60.2 Å². The third-order valence-electron chi connectivity index (χ3n) is 3.77. The van der Waals surface area contributed by atoms with Crippen LogP contribution in [0.4, 0.5) is 0 Å². The molecule has 1 aliphatic heterocycles. The first-order valence-electron chi connectivity index (χ1n) is 7.89. The molecule has 1 fully saturated rings. The summed E-state index contributed by atoms with van der Waals surface area (Å²) < 4.78 is 11.5. The lowest BCUT2D eigenvalue weighted by molar-refractivity contribution is -0.0586. The molecule has 23 heavy (non-hydrogen) atoms. The SMILES string of the molecule is C[C@@H]1CN(C(=O)c2cccc(Oc3ccccc3)c2)C[C@@H](C)O1. The minimum atomic E-state index is 0.0190. The summed E-state index contributed by atoms with van der Waals surface area (Å²) in [5.41, 5.74) is 0.639. The van der Waals surface area contributed by atoms with Crippen LogP contribution in [0.5, 0.6) is 11.5 Å². The van der Waals surface area contributed by atoms with E-state index in [2.05, 4.69) is 0 Å². The fourth-order valence-corrected chi connectivity index (χ4v) is 2.84. The van der Waals surface area contributed by atoms with Crippen molar-refractivity contribution in [1.82, 2.24) is 4.90 Å². The van der Waals surface area contributed by atoms with Crippen LogP contribution in [-0.2, 0) is 4.74 Å². The quantitative estimate of drug-likeness (QED) is 0.867. The zero-order valence-electron chi connectivity index (χ0n) is 13.4. The van der Waals surface area contributed by atoms with E-state index in [0.717, 1.165) is 5.75 Å².